The van der Waals surface area contributed by atoms with Gasteiger partial charge in [-0.2, -0.15) is 5.26 Å². The van der Waals surface area contributed by atoms with Crippen molar-refractivity contribution < 1.29 is 0 Å². The minimum atomic E-state index is 0. The maximum atomic E-state index is 9.00. The van der Waals surface area contributed by atoms with Gasteiger partial charge in [-0.1, -0.05) is 12.1 Å². The topological polar surface area (TPSA) is 64.3 Å². The van der Waals surface area contributed by atoms with Crippen molar-refractivity contribution in [1.29, 1.82) is 5.26 Å². The Bertz CT molecular complexity index is 785. The summed E-state index contributed by atoms with van der Waals surface area (Å²) >= 11 is 1.84. The molecule has 0 saturated heterocycles. The molecule has 1 aliphatic rings. The van der Waals surface area contributed by atoms with Crippen molar-refractivity contribution in [3.63, 3.8) is 0 Å². The Morgan fingerprint density at radius 3 is 2.92 bits per heavy atom. The number of benzene rings is 1. The Balaban J connectivity index is 0.00000243. The van der Waals surface area contributed by atoms with Crippen LogP contribution in [0.4, 0.5) is 0 Å². The van der Waals surface area contributed by atoms with E-state index in [9.17, 15) is 0 Å². The summed E-state index contributed by atoms with van der Waals surface area (Å²) < 4.78 is 0. The van der Waals surface area contributed by atoms with Gasteiger partial charge in [0, 0.05) is 25.5 Å². The van der Waals surface area contributed by atoms with Gasteiger partial charge < -0.3 is 10.2 Å². The Labute approximate surface area is 176 Å². The normalized spacial score (nSPS) is 13.3. The second kappa shape index (κ2) is 9.88. The van der Waals surface area contributed by atoms with Crippen LogP contribution in [0, 0.1) is 11.3 Å². The highest BCUT2D eigenvalue weighted by atomic mass is 127. The number of aryl methyl sites for hydroxylation is 2. The molecule has 1 aliphatic carbocycles. The standard InChI is InChI=1S/C19H23N5S.HI/c1-21-19(22-12-15-7-5-6-14(10-15)11-20)24(2)13-18-23-16-8-3-4-9-17(16)25-18;/h5-7,10H,3-4,8-9,12-13H2,1-2H3,(H,21,22);1H. The Kier molecular flexibility index (Phi) is 7.85. The molecule has 0 amide bonds. The van der Waals surface area contributed by atoms with Gasteiger partial charge in [-0.05, 0) is 43.4 Å². The zero-order valence-electron chi connectivity index (χ0n) is 15.2. The number of aromatic nitrogens is 1. The molecule has 26 heavy (non-hydrogen) atoms. The number of hydrogen-bond acceptors (Lipinski definition) is 4. The molecule has 1 N–H and O–H groups in total. The zero-order chi connectivity index (χ0) is 17.6. The molecule has 1 aromatic carbocycles. The number of halogens is 1. The number of rotatable bonds is 4. The monoisotopic (exact) mass is 481 g/mol. The summed E-state index contributed by atoms with van der Waals surface area (Å²) in [5.41, 5.74) is 3.05. The average Bonchev–Trinajstić information content (AvgIpc) is 3.04. The molecule has 138 valence electrons. The molecule has 2 aromatic rings. The zero-order valence-corrected chi connectivity index (χ0v) is 18.3. The predicted molar refractivity (Wildman–Crippen MR) is 117 cm³/mol. The highest BCUT2D eigenvalue weighted by molar-refractivity contribution is 14.0. The van der Waals surface area contributed by atoms with Crippen LogP contribution in [0.25, 0.3) is 0 Å². The number of hydrogen-bond donors (Lipinski definition) is 1. The molecule has 1 aromatic heterocycles. The molecule has 5 nitrogen and oxygen atoms in total. The molecule has 0 aliphatic heterocycles. The number of guanidine groups is 1. The quantitative estimate of drug-likeness (QED) is 0.411. The van der Waals surface area contributed by atoms with Gasteiger partial charge in [0.2, 0.25) is 0 Å². The van der Waals surface area contributed by atoms with Gasteiger partial charge in [-0.25, -0.2) is 4.98 Å². The van der Waals surface area contributed by atoms with Crippen molar-refractivity contribution in [2.75, 3.05) is 14.1 Å². The molecule has 0 spiro atoms. The number of nitrogens with zero attached hydrogens (tertiary/aromatic N) is 4. The van der Waals surface area contributed by atoms with Crippen molar-refractivity contribution in [2.45, 2.75) is 38.8 Å². The van der Waals surface area contributed by atoms with E-state index in [0.29, 0.717) is 12.1 Å². The molecule has 0 saturated carbocycles. The van der Waals surface area contributed by atoms with E-state index >= 15 is 0 Å². The minimum Gasteiger partial charge on any atom is -0.352 e. The van der Waals surface area contributed by atoms with E-state index in [-0.39, 0.29) is 24.0 Å². The van der Waals surface area contributed by atoms with E-state index in [1.807, 2.05) is 42.6 Å². The third-order valence-electron chi connectivity index (χ3n) is 4.34. The SMILES string of the molecule is CN=C(NCc1cccc(C#N)c1)N(C)Cc1nc2c(s1)CCCC2.I. The third kappa shape index (κ3) is 5.17. The third-order valence-corrected chi connectivity index (χ3v) is 5.48. The van der Waals surface area contributed by atoms with Crippen molar-refractivity contribution in [3.05, 3.63) is 51.0 Å². The minimum absolute atomic E-state index is 0. The first kappa shape index (κ1) is 20.6. The Morgan fingerprint density at radius 1 is 1.38 bits per heavy atom. The summed E-state index contributed by atoms with van der Waals surface area (Å²) in [5, 5.41) is 13.5. The lowest BCUT2D eigenvalue weighted by Crippen LogP contribution is -2.38. The van der Waals surface area contributed by atoms with Crippen LogP contribution in [0.1, 0.15) is 39.5 Å². The molecular formula is C19H24IN5S. The molecule has 0 bridgehead atoms. The molecule has 3 rings (SSSR count). The first-order valence-electron chi connectivity index (χ1n) is 8.58. The molecule has 0 unspecified atom stereocenters. The second-order valence-electron chi connectivity index (χ2n) is 6.25. The van der Waals surface area contributed by atoms with Gasteiger partial charge in [0.05, 0.1) is 23.9 Å². The Morgan fingerprint density at radius 2 is 2.19 bits per heavy atom. The fraction of sp³-hybridized carbons (Fsp3) is 0.421. The number of thiazole rings is 1. The first-order chi connectivity index (χ1) is 12.2. The summed E-state index contributed by atoms with van der Waals surface area (Å²) in [5.74, 6) is 0.829. The first-order valence-corrected chi connectivity index (χ1v) is 9.39. The molecule has 0 atom stereocenters. The van der Waals surface area contributed by atoms with E-state index in [1.54, 1.807) is 7.05 Å². The highest BCUT2D eigenvalue weighted by Gasteiger charge is 2.16. The van der Waals surface area contributed by atoms with Gasteiger partial charge in [0.15, 0.2) is 5.96 Å². The molecule has 1 heterocycles. The predicted octanol–water partition coefficient (Wildman–Crippen LogP) is 3.72. The maximum Gasteiger partial charge on any atom is 0.194 e. The smallest absolute Gasteiger partial charge is 0.194 e. The van der Waals surface area contributed by atoms with E-state index in [1.165, 1.54) is 29.8 Å². The summed E-state index contributed by atoms with van der Waals surface area (Å²) in [7, 11) is 3.82. The van der Waals surface area contributed by atoms with Crippen LogP contribution in [0.2, 0.25) is 0 Å². The van der Waals surface area contributed by atoms with Crippen molar-refractivity contribution in [2.24, 2.45) is 4.99 Å². The summed E-state index contributed by atoms with van der Waals surface area (Å²) in [6.45, 7) is 1.40. The van der Waals surface area contributed by atoms with E-state index in [4.69, 9.17) is 10.2 Å². The lowest BCUT2D eigenvalue weighted by molar-refractivity contribution is 0.474. The number of nitriles is 1. The fourth-order valence-electron chi connectivity index (χ4n) is 3.07. The molecule has 0 radical (unpaired) electrons. The van der Waals surface area contributed by atoms with Crippen molar-refractivity contribution >= 4 is 41.3 Å². The van der Waals surface area contributed by atoms with Gasteiger partial charge in [-0.15, -0.1) is 35.3 Å². The summed E-state index contributed by atoms with van der Waals surface area (Å²) in [4.78, 5) is 12.7. The van der Waals surface area contributed by atoms with Crippen molar-refractivity contribution in [3.8, 4) is 6.07 Å². The lowest BCUT2D eigenvalue weighted by Gasteiger charge is -2.21. The largest absolute Gasteiger partial charge is 0.352 e. The van der Waals surface area contributed by atoms with E-state index in [0.717, 1.165) is 29.5 Å². The average molecular weight is 481 g/mol. The maximum absolute atomic E-state index is 9.00. The lowest BCUT2D eigenvalue weighted by atomic mass is 10.0. The van der Waals surface area contributed by atoms with Gasteiger partial charge in [0.1, 0.15) is 5.01 Å². The summed E-state index contributed by atoms with van der Waals surface area (Å²) in [6, 6.07) is 9.80. The highest BCUT2D eigenvalue weighted by Crippen LogP contribution is 2.27. The van der Waals surface area contributed by atoms with Gasteiger partial charge >= 0.3 is 0 Å². The molecular weight excluding hydrogens is 457 g/mol. The van der Waals surface area contributed by atoms with Crippen molar-refractivity contribution in [1.82, 2.24) is 15.2 Å². The van der Waals surface area contributed by atoms with E-state index in [2.05, 4.69) is 21.3 Å². The number of aliphatic imine (C=N–C) groups is 1. The Hall–Kier alpha value is -1.66. The van der Waals surface area contributed by atoms with Gasteiger partial charge in [0.25, 0.3) is 0 Å². The van der Waals surface area contributed by atoms with Crippen LogP contribution >= 0.6 is 35.3 Å². The number of nitrogens with one attached hydrogen (secondary N) is 1. The van der Waals surface area contributed by atoms with Crippen LogP contribution in [0.3, 0.4) is 0 Å². The van der Waals surface area contributed by atoms with Crippen LogP contribution < -0.4 is 5.32 Å². The van der Waals surface area contributed by atoms with Crippen LogP contribution in [0.5, 0.6) is 0 Å². The summed E-state index contributed by atoms with van der Waals surface area (Å²) in [6.07, 6.45) is 4.85. The molecule has 0 fully saturated rings. The van der Waals surface area contributed by atoms with Crippen LogP contribution in [-0.2, 0) is 25.9 Å². The van der Waals surface area contributed by atoms with E-state index < -0.39 is 0 Å². The second-order valence-corrected chi connectivity index (χ2v) is 7.42. The number of fused-ring (bicyclic) bond motifs is 1. The fourth-order valence-corrected chi connectivity index (χ4v) is 4.28. The van der Waals surface area contributed by atoms with Crippen LogP contribution in [0.15, 0.2) is 29.3 Å². The van der Waals surface area contributed by atoms with Crippen LogP contribution in [-0.4, -0.2) is 29.9 Å². The molecule has 7 heteroatoms. The van der Waals surface area contributed by atoms with Gasteiger partial charge in [-0.3, -0.25) is 4.99 Å².